The molecule has 272 valence electrons. The molecule has 5 heteroatoms. The second kappa shape index (κ2) is 36.9. The Hall–Kier alpha value is -1.95. The minimum Gasteiger partial charge on any atom is -0.394 e. The van der Waals surface area contributed by atoms with Crippen LogP contribution < -0.4 is 5.32 Å². The molecule has 0 rings (SSSR count). The third kappa shape index (κ3) is 32.4. The number of amides is 1. The fourth-order valence-corrected chi connectivity index (χ4v) is 5.49. The molecule has 0 aliphatic rings. The van der Waals surface area contributed by atoms with Gasteiger partial charge in [-0.3, -0.25) is 4.79 Å². The molecule has 0 saturated heterocycles. The van der Waals surface area contributed by atoms with Gasteiger partial charge in [-0.25, -0.2) is 0 Å². The highest BCUT2D eigenvalue weighted by molar-refractivity contribution is 5.80. The Morgan fingerprint density at radius 3 is 1.53 bits per heavy atom. The standard InChI is InChI=1S/C42H75NO4/c1-3-5-7-9-11-13-15-17-18-19-20-21-22-23-25-27-29-31-33-35-37-41(46)42(47)43-39(38-44)40(45)36-34-32-30-28-26-24-16-14-12-10-8-6-4-2/h5,7,11-14,26,28,34,36,39-41,44-46H,3-4,6,8-10,15-25,27,29-33,35,37-38H2,1-2H3,(H,43,47)/b7-5-,13-11-,14-12+,28-26+,36-34+. The van der Waals surface area contributed by atoms with E-state index in [0.717, 1.165) is 57.8 Å². The van der Waals surface area contributed by atoms with Crippen molar-refractivity contribution in [2.75, 3.05) is 6.61 Å². The SMILES string of the molecule is CC/C=C\C/C=C\CCCCCCCCCCCCCCCC(O)C(=O)NC(CO)C(O)/C=C/CC/C=C/CC/C=C/CCCCC. The molecule has 0 radical (unpaired) electrons. The van der Waals surface area contributed by atoms with Gasteiger partial charge in [-0.1, -0.05) is 164 Å². The summed E-state index contributed by atoms with van der Waals surface area (Å²) in [5, 5.41) is 33.0. The highest BCUT2D eigenvalue weighted by Crippen LogP contribution is 2.14. The van der Waals surface area contributed by atoms with Gasteiger partial charge >= 0.3 is 0 Å². The number of allylic oxidation sites excluding steroid dienone is 9. The molecule has 0 heterocycles. The van der Waals surface area contributed by atoms with E-state index in [1.807, 2.05) is 6.08 Å². The van der Waals surface area contributed by atoms with Crippen molar-refractivity contribution >= 4 is 5.91 Å². The van der Waals surface area contributed by atoms with Crippen molar-refractivity contribution in [2.24, 2.45) is 0 Å². The van der Waals surface area contributed by atoms with E-state index in [-0.39, 0.29) is 6.61 Å². The Bertz CT molecular complexity index is 815. The topological polar surface area (TPSA) is 89.8 Å². The first kappa shape index (κ1) is 45.0. The number of unbranched alkanes of at least 4 members (excludes halogenated alkanes) is 18. The first-order valence-electron chi connectivity index (χ1n) is 19.6. The number of rotatable bonds is 34. The van der Waals surface area contributed by atoms with Crippen LogP contribution >= 0.6 is 0 Å². The molecule has 4 N–H and O–H groups in total. The first-order chi connectivity index (χ1) is 23.1. The van der Waals surface area contributed by atoms with Gasteiger partial charge < -0.3 is 20.6 Å². The molecule has 0 saturated carbocycles. The minimum absolute atomic E-state index is 0.384. The van der Waals surface area contributed by atoms with E-state index < -0.39 is 24.2 Å². The maximum Gasteiger partial charge on any atom is 0.249 e. The molecule has 1 amide bonds. The summed E-state index contributed by atoms with van der Waals surface area (Å²) in [5.74, 6) is -0.522. The molecule has 0 aliphatic carbocycles. The lowest BCUT2D eigenvalue weighted by molar-refractivity contribution is -0.131. The number of aliphatic hydroxyl groups is 3. The van der Waals surface area contributed by atoms with Gasteiger partial charge in [-0.15, -0.1) is 0 Å². The number of carbonyl (C=O) groups excluding carboxylic acids is 1. The Morgan fingerprint density at radius 2 is 1.00 bits per heavy atom. The average molecular weight is 658 g/mol. The quantitative estimate of drug-likeness (QED) is 0.0409. The molecular weight excluding hydrogens is 582 g/mol. The van der Waals surface area contributed by atoms with Crippen molar-refractivity contribution in [1.82, 2.24) is 5.32 Å². The van der Waals surface area contributed by atoms with Gasteiger partial charge in [0.15, 0.2) is 0 Å². The number of hydrogen-bond donors (Lipinski definition) is 4. The normalized spacial score (nSPS) is 14.4. The third-order valence-electron chi connectivity index (χ3n) is 8.57. The Labute approximate surface area is 290 Å². The van der Waals surface area contributed by atoms with Gasteiger partial charge in [-0.2, -0.15) is 0 Å². The average Bonchev–Trinajstić information content (AvgIpc) is 3.07. The zero-order valence-electron chi connectivity index (χ0n) is 30.6. The molecular formula is C42H75NO4. The summed E-state index contributed by atoms with van der Waals surface area (Å²) in [4.78, 5) is 12.4. The molecule has 0 spiro atoms. The van der Waals surface area contributed by atoms with E-state index in [9.17, 15) is 20.1 Å². The number of carbonyl (C=O) groups is 1. The maximum atomic E-state index is 12.4. The van der Waals surface area contributed by atoms with Crippen LogP contribution in [0.4, 0.5) is 0 Å². The van der Waals surface area contributed by atoms with Gasteiger partial charge in [0, 0.05) is 0 Å². The van der Waals surface area contributed by atoms with E-state index in [1.54, 1.807) is 6.08 Å². The van der Waals surface area contributed by atoms with Crippen molar-refractivity contribution in [3.05, 3.63) is 60.8 Å². The predicted molar refractivity (Wildman–Crippen MR) is 204 cm³/mol. The lowest BCUT2D eigenvalue weighted by Crippen LogP contribution is -2.48. The molecule has 3 unspecified atom stereocenters. The lowest BCUT2D eigenvalue weighted by atomic mass is 10.0. The van der Waals surface area contributed by atoms with Crippen LogP contribution in [0, 0.1) is 0 Å². The van der Waals surface area contributed by atoms with Crippen molar-refractivity contribution in [2.45, 2.75) is 193 Å². The summed E-state index contributed by atoms with van der Waals surface area (Å²) in [5.41, 5.74) is 0. The van der Waals surface area contributed by atoms with Gasteiger partial charge in [0.2, 0.25) is 5.91 Å². The number of aliphatic hydroxyl groups excluding tert-OH is 3. The Balaban J connectivity index is 3.74. The number of hydrogen-bond acceptors (Lipinski definition) is 4. The summed E-state index contributed by atoms with van der Waals surface area (Å²) in [6, 6.07) is -0.821. The second-order valence-electron chi connectivity index (χ2n) is 13.1. The lowest BCUT2D eigenvalue weighted by Gasteiger charge is -2.21. The van der Waals surface area contributed by atoms with Crippen LogP contribution in [0.5, 0.6) is 0 Å². The molecule has 0 aromatic rings. The molecule has 0 bridgehead atoms. The van der Waals surface area contributed by atoms with Gasteiger partial charge in [0.05, 0.1) is 18.8 Å². The van der Waals surface area contributed by atoms with Crippen molar-refractivity contribution < 1.29 is 20.1 Å². The fraction of sp³-hybridized carbons (Fsp3) is 0.738. The van der Waals surface area contributed by atoms with Crippen LogP contribution in [0.1, 0.15) is 174 Å². The van der Waals surface area contributed by atoms with Gasteiger partial charge in [0.25, 0.3) is 0 Å². The Kier molecular flexibility index (Phi) is 35.3. The molecule has 5 nitrogen and oxygen atoms in total. The summed E-state index contributed by atoms with van der Waals surface area (Å²) in [7, 11) is 0. The van der Waals surface area contributed by atoms with E-state index in [4.69, 9.17) is 0 Å². The highest BCUT2D eigenvalue weighted by Gasteiger charge is 2.22. The van der Waals surface area contributed by atoms with Crippen molar-refractivity contribution in [3.8, 4) is 0 Å². The van der Waals surface area contributed by atoms with Crippen LogP contribution in [-0.4, -0.2) is 46.1 Å². The van der Waals surface area contributed by atoms with Crippen LogP contribution in [0.3, 0.4) is 0 Å². The van der Waals surface area contributed by atoms with Gasteiger partial charge in [0.1, 0.15) is 6.10 Å². The molecule has 0 fully saturated rings. The van der Waals surface area contributed by atoms with Crippen LogP contribution in [0.2, 0.25) is 0 Å². The zero-order valence-corrected chi connectivity index (χ0v) is 30.6. The van der Waals surface area contributed by atoms with E-state index in [1.165, 1.54) is 96.3 Å². The molecule has 47 heavy (non-hydrogen) atoms. The molecule has 0 aromatic heterocycles. The number of nitrogens with one attached hydrogen (secondary N) is 1. The van der Waals surface area contributed by atoms with Crippen LogP contribution in [0.25, 0.3) is 0 Å². The predicted octanol–water partition coefficient (Wildman–Crippen LogP) is 10.8. The summed E-state index contributed by atoms with van der Waals surface area (Å²) in [6.07, 6.45) is 48.1. The van der Waals surface area contributed by atoms with Crippen molar-refractivity contribution in [3.63, 3.8) is 0 Å². The maximum absolute atomic E-state index is 12.4. The summed E-state index contributed by atoms with van der Waals surface area (Å²) < 4.78 is 0. The van der Waals surface area contributed by atoms with Gasteiger partial charge in [-0.05, 0) is 70.6 Å². The molecule has 0 aliphatic heterocycles. The Morgan fingerprint density at radius 1 is 0.553 bits per heavy atom. The van der Waals surface area contributed by atoms with Crippen molar-refractivity contribution in [1.29, 1.82) is 0 Å². The largest absolute Gasteiger partial charge is 0.394 e. The summed E-state index contributed by atoms with van der Waals surface area (Å²) >= 11 is 0. The summed E-state index contributed by atoms with van der Waals surface area (Å²) in [6.45, 7) is 4.01. The monoisotopic (exact) mass is 658 g/mol. The highest BCUT2D eigenvalue weighted by atomic mass is 16.3. The van der Waals surface area contributed by atoms with E-state index in [2.05, 4.69) is 67.8 Å². The molecule has 0 aromatic carbocycles. The zero-order chi connectivity index (χ0) is 34.5. The van der Waals surface area contributed by atoms with Crippen LogP contribution in [-0.2, 0) is 4.79 Å². The first-order valence-corrected chi connectivity index (χ1v) is 19.6. The third-order valence-corrected chi connectivity index (χ3v) is 8.57. The fourth-order valence-electron chi connectivity index (χ4n) is 5.49. The minimum atomic E-state index is -1.11. The smallest absolute Gasteiger partial charge is 0.249 e. The van der Waals surface area contributed by atoms with Crippen LogP contribution in [0.15, 0.2) is 60.8 Å². The molecule has 3 atom stereocenters. The van der Waals surface area contributed by atoms with E-state index >= 15 is 0 Å². The van der Waals surface area contributed by atoms with E-state index in [0.29, 0.717) is 6.42 Å². The second-order valence-corrected chi connectivity index (χ2v) is 13.1.